The van der Waals surface area contributed by atoms with E-state index >= 15 is 0 Å². The lowest BCUT2D eigenvalue weighted by Crippen LogP contribution is -2.48. The smallest absolute Gasteiger partial charge is 0.192 e. The molecule has 0 spiro atoms. The summed E-state index contributed by atoms with van der Waals surface area (Å²) in [5, 5.41) is 13.2. The SMILES string of the molecule is COc1ccc(N[C@@H](CO)[C@H](C)O[Si](C)(C)C(C)(C)C)cc1. The lowest BCUT2D eigenvalue weighted by molar-refractivity contribution is 0.138. The molecule has 0 heterocycles. The first kappa shape index (κ1) is 19.0. The van der Waals surface area contributed by atoms with E-state index in [9.17, 15) is 5.11 Å². The molecule has 126 valence electrons. The van der Waals surface area contributed by atoms with Crippen LogP contribution in [0.25, 0.3) is 0 Å². The van der Waals surface area contributed by atoms with Gasteiger partial charge in [0.15, 0.2) is 8.32 Å². The fourth-order valence-electron chi connectivity index (χ4n) is 1.94. The van der Waals surface area contributed by atoms with Gasteiger partial charge >= 0.3 is 0 Å². The number of hydrogen-bond donors (Lipinski definition) is 2. The summed E-state index contributed by atoms with van der Waals surface area (Å²) in [5.74, 6) is 0.816. The molecule has 0 bridgehead atoms. The van der Waals surface area contributed by atoms with Crippen LogP contribution in [0.3, 0.4) is 0 Å². The number of aliphatic hydroxyl groups is 1. The molecule has 0 saturated heterocycles. The number of aliphatic hydroxyl groups excluding tert-OH is 1. The molecule has 0 aliphatic carbocycles. The summed E-state index contributed by atoms with van der Waals surface area (Å²) in [7, 11) is -0.203. The first-order valence-electron chi connectivity index (χ1n) is 7.80. The van der Waals surface area contributed by atoms with Gasteiger partial charge in [-0.05, 0) is 49.3 Å². The maximum atomic E-state index is 9.71. The van der Waals surface area contributed by atoms with Crippen LogP contribution >= 0.6 is 0 Å². The second-order valence-electron chi connectivity index (χ2n) is 7.25. The van der Waals surface area contributed by atoms with Gasteiger partial charge in [0.25, 0.3) is 0 Å². The van der Waals surface area contributed by atoms with E-state index < -0.39 is 8.32 Å². The van der Waals surface area contributed by atoms with Gasteiger partial charge in [0, 0.05) is 5.69 Å². The predicted octanol–water partition coefficient (Wildman–Crippen LogP) is 3.88. The number of rotatable bonds is 7. The molecule has 2 atom stereocenters. The zero-order valence-electron chi connectivity index (χ0n) is 14.9. The summed E-state index contributed by atoms with van der Waals surface area (Å²) >= 11 is 0. The second-order valence-corrected chi connectivity index (χ2v) is 12.0. The van der Waals surface area contributed by atoms with Crippen molar-refractivity contribution in [3.8, 4) is 5.75 Å². The molecule has 0 amide bonds. The standard InChI is InChI=1S/C17H31NO3Si/c1-13(21-22(6,7)17(2,3)4)16(12-19)18-14-8-10-15(20-5)11-9-14/h8-11,13,16,18-19H,12H2,1-7H3/t13-,16-/m0/s1. The Morgan fingerprint density at radius 2 is 1.73 bits per heavy atom. The fraction of sp³-hybridized carbons (Fsp3) is 0.647. The maximum Gasteiger partial charge on any atom is 0.192 e. The molecule has 2 N–H and O–H groups in total. The lowest BCUT2D eigenvalue weighted by Gasteiger charge is -2.40. The topological polar surface area (TPSA) is 50.7 Å². The number of methoxy groups -OCH3 is 1. The summed E-state index contributed by atoms with van der Waals surface area (Å²) in [4.78, 5) is 0. The summed E-state index contributed by atoms with van der Waals surface area (Å²) < 4.78 is 11.5. The molecule has 1 aromatic rings. The van der Waals surface area contributed by atoms with Gasteiger partial charge in [0.05, 0.1) is 25.9 Å². The van der Waals surface area contributed by atoms with E-state index in [1.54, 1.807) is 7.11 Å². The van der Waals surface area contributed by atoms with Crippen LogP contribution in [0.2, 0.25) is 18.1 Å². The Morgan fingerprint density at radius 3 is 2.14 bits per heavy atom. The van der Waals surface area contributed by atoms with E-state index in [2.05, 4.69) is 39.2 Å². The van der Waals surface area contributed by atoms with E-state index in [1.807, 2.05) is 31.2 Å². The van der Waals surface area contributed by atoms with E-state index in [0.29, 0.717) is 0 Å². The molecule has 0 unspecified atom stereocenters. The molecule has 0 aromatic heterocycles. The Morgan fingerprint density at radius 1 is 1.18 bits per heavy atom. The van der Waals surface area contributed by atoms with E-state index in [0.717, 1.165) is 11.4 Å². The zero-order chi connectivity index (χ0) is 17.0. The van der Waals surface area contributed by atoms with Crippen molar-refractivity contribution >= 4 is 14.0 Å². The van der Waals surface area contributed by atoms with Crippen LogP contribution in [0.15, 0.2) is 24.3 Å². The minimum atomic E-state index is -1.85. The van der Waals surface area contributed by atoms with Crippen LogP contribution in [0.5, 0.6) is 5.75 Å². The van der Waals surface area contributed by atoms with Crippen molar-refractivity contribution in [3.05, 3.63) is 24.3 Å². The molecular weight excluding hydrogens is 294 g/mol. The van der Waals surface area contributed by atoms with Crippen LogP contribution in [0, 0.1) is 0 Å². The molecule has 4 nitrogen and oxygen atoms in total. The second kappa shape index (κ2) is 7.48. The average Bonchev–Trinajstić information content (AvgIpc) is 2.43. The maximum absolute atomic E-state index is 9.71. The summed E-state index contributed by atoms with van der Waals surface area (Å²) in [6.45, 7) is 13.2. The highest BCUT2D eigenvalue weighted by atomic mass is 28.4. The van der Waals surface area contributed by atoms with Crippen LogP contribution in [0.1, 0.15) is 27.7 Å². The number of hydrogen-bond acceptors (Lipinski definition) is 4. The van der Waals surface area contributed by atoms with E-state index in [1.165, 1.54) is 0 Å². The molecule has 0 aliphatic rings. The van der Waals surface area contributed by atoms with Gasteiger partial charge in [-0.15, -0.1) is 0 Å². The van der Waals surface area contributed by atoms with Gasteiger partial charge < -0.3 is 19.6 Å². The Bertz CT molecular complexity index is 454. The van der Waals surface area contributed by atoms with Crippen LogP contribution in [-0.4, -0.2) is 39.3 Å². The van der Waals surface area contributed by atoms with Crippen LogP contribution in [0.4, 0.5) is 5.69 Å². The first-order valence-corrected chi connectivity index (χ1v) is 10.7. The minimum absolute atomic E-state index is 0.0296. The van der Waals surface area contributed by atoms with Gasteiger partial charge in [-0.2, -0.15) is 0 Å². The molecular formula is C17H31NO3Si. The Balaban J connectivity index is 2.74. The summed E-state index contributed by atoms with van der Waals surface area (Å²) in [6, 6.07) is 7.55. The summed E-state index contributed by atoms with van der Waals surface area (Å²) in [6.07, 6.45) is -0.0620. The lowest BCUT2D eigenvalue weighted by atomic mass is 10.2. The minimum Gasteiger partial charge on any atom is -0.497 e. The third-order valence-electron chi connectivity index (χ3n) is 4.49. The van der Waals surface area contributed by atoms with Gasteiger partial charge in [0.2, 0.25) is 0 Å². The highest BCUT2D eigenvalue weighted by Crippen LogP contribution is 2.37. The Hall–Kier alpha value is -1.04. The molecule has 1 aromatic carbocycles. The number of ether oxygens (including phenoxy) is 1. The van der Waals surface area contributed by atoms with Crippen molar-refractivity contribution < 1.29 is 14.3 Å². The molecule has 1 rings (SSSR count). The third-order valence-corrected chi connectivity index (χ3v) is 9.07. The van der Waals surface area contributed by atoms with Crippen molar-refractivity contribution in [2.75, 3.05) is 19.0 Å². The molecule has 0 fully saturated rings. The first-order chi connectivity index (χ1) is 10.1. The third kappa shape index (κ3) is 5.00. The van der Waals surface area contributed by atoms with Crippen molar-refractivity contribution in [1.82, 2.24) is 0 Å². The number of nitrogens with one attached hydrogen (secondary N) is 1. The van der Waals surface area contributed by atoms with Gasteiger partial charge in [-0.25, -0.2) is 0 Å². The highest BCUT2D eigenvalue weighted by molar-refractivity contribution is 6.74. The highest BCUT2D eigenvalue weighted by Gasteiger charge is 2.39. The molecule has 5 heteroatoms. The summed E-state index contributed by atoms with van der Waals surface area (Å²) in [5.41, 5.74) is 0.950. The normalized spacial score (nSPS) is 15.3. The van der Waals surface area contributed by atoms with Gasteiger partial charge in [0.1, 0.15) is 5.75 Å². The van der Waals surface area contributed by atoms with Crippen molar-refractivity contribution in [2.45, 2.75) is 58.0 Å². The molecule has 22 heavy (non-hydrogen) atoms. The monoisotopic (exact) mass is 325 g/mol. The largest absolute Gasteiger partial charge is 0.497 e. The van der Waals surface area contributed by atoms with Gasteiger partial charge in [-0.1, -0.05) is 20.8 Å². The average molecular weight is 326 g/mol. The van der Waals surface area contributed by atoms with Crippen molar-refractivity contribution in [3.63, 3.8) is 0 Å². The van der Waals surface area contributed by atoms with Crippen LogP contribution < -0.4 is 10.1 Å². The zero-order valence-corrected chi connectivity index (χ0v) is 15.9. The van der Waals surface area contributed by atoms with E-state index in [-0.39, 0.29) is 23.8 Å². The fourth-order valence-corrected chi connectivity index (χ4v) is 3.38. The van der Waals surface area contributed by atoms with Gasteiger partial charge in [-0.3, -0.25) is 0 Å². The van der Waals surface area contributed by atoms with Crippen molar-refractivity contribution in [1.29, 1.82) is 0 Å². The number of anilines is 1. The predicted molar refractivity (Wildman–Crippen MR) is 95.2 cm³/mol. The quantitative estimate of drug-likeness (QED) is 0.747. The Labute approximate surface area is 136 Å². The van der Waals surface area contributed by atoms with E-state index in [4.69, 9.17) is 9.16 Å². The molecule has 0 saturated carbocycles. The molecule has 0 aliphatic heterocycles. The molecule has 0 radical (unpaired) electrons. The Kier molecular flexibility index (Phi) is 6.46. The number of benzene rings is 1. The van der Waals surface area contributed by atoms with Crippen LogP contribution in [-0.2, 0) is 4.43 Å². The van der Waals surface area contributed by atoms with Crippen molar-refractivity contribution in [2.24, 2.45) is 0 Å².